The third kappa shape index (κ3) is 1.30. The van der Waals surface area contributed by atoms with Crippen LogP contribution in [0.5, 0.6) is 0 Å². The van der Waals surface area contributed by atoms with Crippen LogP contribution in [0.4, 0.5) is 0 Å². The zero-order valence-corrected chi connectivity index (χ0v) is 10.3. The first-order valence-corrected chi connectivity index (χ1v) is 6.23. The number of nitrogens with one attached hydrogen (secondary N) is 1. The van der Waals surface area contributed by atoms with E-state index < -0.39 is 0 Å². The van der Waals surface area contributed by atoms with Gasteiger partial charge in [-0.1, -0.05) is 15.9 Å². The molecule has 1 aromatic carbocycles. The highest BCUT2D eigenvalue weighted by atomic mass is 79.9. The van der Waals surface area contributed by atoms with Gasteiger partial charge in [-0.3, -0.25) is 0 Å². The number of hydrogen-bond donors (Lipinski definition) is 1. The molecule has 1 fully saturated rings. The Morgan fingerprint density at radius 2 is 2.12 bits per heavy atom. The van der Waals surface area contributed by atoms with Crippen molar-refractivity contribution in [2.24, 2.45) is 0 Å². The second-order valence-electron chi connectivity index (χ2n) is 4.46. The minimum atomic E-state index is -0.245. The Kier molecular flexibility index (Phi) is 2.08. The van der Waals surface area contributed by atoms with Gasteiger partial charge in [0.1, 0.15) is 0 Å². The molecule has 1 aliphatic rings. The summed E-state index contributed by atoms with van der Waals surface area (Å²) in [6.45, 7) is 0. The molecule has 3 heteroatoms. The normalized spacial score (nSPS) is 18.0. The molecule has 2 aromatic rings. The van der Waals surface area contributed by atoms with Crippen LogP contribution >= 0.6 is 15.9 Å². The number of aromatic amines is 1. The second-order valence-corrected chi connectivity index (χ2v) is 5.38. The average molecular weight is 275 g/mol. The first kappa shape index (κ1) is 9.92. The summed E-state index contributed by atoms with van der Waals surface area (Å²) in [5.41, 5.74) is 1.94. The zero-order valence-electron chi connectivity index (χ0n) is 8.76. The number of H-pyrrole nitrogens is 1. The minimum Gasteiger partial charge on any atom is -0.357 e. The Labute approximate surface area is 102 Å². The number of hydrogen-bond acceptors (Lipinski definition) is 1. The molecular formula is C13H11BrN2. The van der Waals surface area contributed by atoms with E-state index in [-0.39, 0.29) is 5.41 Å². The Morgan fingerprint density at radius 3 is 2.75 bits per heavy atom. The molecule has 0 aliphatic heterocycles. The van der Waals surface area contributed by atoms with E-state index in [4.69, 9.17) is 0 Å². The maximum absolute atomic E-state index is 9.29. The number of nitrogens with zero attached hydrogens (tertiary/aromatic N) is 1. The monoisotopic (exact) mass is 274 g/mol. The number of fused-ring (bicyclic) bond motifs is 1. The van der Waals surface area contributed by atoms with Gasteiger partial charge in [0, 0.05) is 21.1 Å². The lowest BCUT2D eigenvalue weighted by Gasteiger charge is -2.34. The SMILES string of the molecule is N#CC1(c2cc3cc(Br)ccc3[nH]2)CCC1. The van der Waals surface area contributed by atoms with Crippen molar-refractivity contribution in [3.8, 4) is 6.07 Å². The molecule has 80 valence electrons. The van der Waals surface area contributed by atoms with E-state index in [1.165, 1.54) is 5.39 Å². The van der Waals surface area contributed by atoms with Crippen molar-refractivity contribution >= 4 is 26.8 Å². The maximum atomic E-state index is 9.29. The van der Waals surface area contributed by atoms with Gasteiger partial charge in [0.05, 0.1) is 11.5 Å². The summed E-state index contributed by atoms with van der Waals surface area (Å²) in [5, 5.41) is 10.5. The maximum Gasteiger partial charge on any atom is 0.0971 e. The van der Waals surface area contributed by atoms with Crippen LogP contribution in [0.15, 0.2) is 28.7 Å². The molecule has 0 radical (unpaired) electrons. The minimum absolute atomic E-state index is 0.245. The third-order valence-corrected chi connectivity index (χ3v) is 4.01. The molecular weight excluding hydrogens is 264 g/mol. The van der Waals surface area contributed by atoms with E-state index in [2.05, 4.69) is 39.1 Å². The Balaban J connectivity index is 2.16. The van der Waals surface area contributed by atoms with Crippen LogP contribution in [0.3, 0.4) is 0 Å². The summed E-state index contributed by atoms with van der Waals surface area (Å²) >= 11 is 3.46. The highest BCUT2D eigenvalue weighted by molar-refractivity contribution is 9.10. The second kappa shape index (κ2) is 3.36. The Hall–Kier alpha value is -1.27. The highest BCUT2D eigenvalue weighted by Gasteiger charge is 2.40. The van der Waals surface area contributed by atoms with E-state index in [0.29, 0.717) is 0 Å². The van der Waals surface area contributed by atoms with Crippen LogP contribution < -0.4 is 0 Å². The predicted octanol–water partition coefficient (Wildman–Crippen LogP) is 3.88. The fraction of sp³-hybridized carbons (Fsp3) is 0.308. The number of aromatic nitrogens is 1. The molecule has 1 saturated carbocycles. The van der Waals surface area contributed by atoms with Gasteiger partial charge in [0.15, 0.2) is 0 Å². The van der Waals surface area contributed by atoms with Gasteiger partial charge in [-0.2, -0.15) is 5.26 Å². The summed E-state index contributed by atoms with van der Waals surface area (Å²) < 4.78 is 1.07. The van der Waals surface area contributed by atoms with Crippen molar-refractivity contribution in [1.29, 1.82) is 5.26 Å². The van der Waals surface area contributed by atoms with E-state index >= 15 is 0 Å². The van der Waals surface area contributed by atoms with Crippen molar-refractivity contribution in [2.45, 2.75) is 24.7 Å². The van der Waals surface area contributed by atoms with Crippen LogP contribution in [0, 0.1) is 11.3 Å². The Bertz CT molecular complexity index is 587. The molecule has 1 heterocycles. The number of halogens is 1. The summed E-state index contributed by atoms with van der Waals surface area (Å²) in [6, 6.07) is 10.7. The standard InChI is InChI=1S/C13H11BrN2/c14-10-2-3-11-9(6-10)7-12(16-11)13(8-15)4-1-5-13/h2-3,6-7,16H,1,4-5H2. The molecule has 3 rings (SSSR count). The fourth-order valence-corrected chi connectivity index (χ4v) is 2.71. The van der Waals surface area contributed by atoms with Crippen LogP contribution in [-0.4, -0.2) is 4.98 Å². The van der Waals surface area contributed by atoms with Crippen LogP contribution in [0.25, 0.3) is 10.9 Å². The highest BCUT2D eigenvalue weighted by Crippen LogP contribution is 2.43. The molecule has 1 aromatic heterocycles. The molecule has 2 nitrogen and oxygen atoms in total. The summed E-state index contributed by atoms with van der Waals surface area (Å²) in [5.74, 6) is 0. The largest absolute Gasteiger partial charge is 0.357 e. The average Bonchev–Trinajstić information content (AvgIpc) is 2.60. The van der Waals surface area contributed by atoms with Crippen LogP contribution in [-0.2, 0) is 5.41 Å². The fourth-order valence-electron chi connectivity index (χ4n) is 2.33. The first-order valence-electron chi connectivity index (χ1n) is 5.44. The predicted molar refractivity (Wildman–Crippen MR) is 67.1 cm³/mol. The van der Waals surface area contributed by atoms with Gasteiger partial charge in [-0.25, -0.2) is 0 Å². The van der Waals surface area contributed by atoms with Gasteiger partial charge >= 0.3 is 0 Å². The van der Waals surface area contributed by atoms with Crippen molar-refractivity contribution in [1.82, 2.24) is 4.98 Å². The number of nitriles is 1. The third-order valence-electron chi connectivity index (χ3n) is 3.52. The van der Waals surface area contributed by atoms with Gasteiger partial charge < -0.3 is 4.98 Å². The molecule has 0 amide bonds. The molecule has 1 aliphatic carbocycles. The van der Waals surface area contributed by atoms with Crippen molar-refractivity contribution in [3.63, 3.8) is 0 Å². The quantitative estimate of drug-likeness (QED) is 0.842. The number of benzene rings is 1. The Morgan fingerprint density at radius 1 is 1.31 bits per heavy atom. The molecule has 16 heavy (non-hydrogen) atoms. The summed E-state index contributed by atoms with van der Waals surface area (Å²) in [4.78, 5) is 3.37. The zero-order chi connectivity index (χ0) is 11.2. The van der Waals surface area contributed by atoms with E-state index in [1.807, 2.05) is 12.1 Å². The van der Waals surface area contributed by atoms with E-state index in [1.54, 1.807) is 0 Å². The van der Waals surface area contributed by atoms with Crippen molar-refractivity contribution in [2.75, 3.05) is 0 Å². The molecule has 0 bridgehead atoms. The molecule has 0 unspecified atom stereocenters. The van der Waals surface area contributed by atoms with Gasteiger partial charge in [0.25, 0.3) is 0 Å². The lowest BCUT2D eigenvalue weighted by molar-refractivity contribution is 0.318. The van der Waals surface area contributed by atoms with Crippen molar-refractivity contribution in [3.05, 3.63) is 34.4 Å². The van der Waals surface area contributed by atoms with Gasteiger partial charge in [0.2, 0.25) is 0 Å². The van der Waals surface area contributed by atoms with Crippen molar-refractivity contribution < 1.29 is 0 Å². The molecule has 0 spiro atoms. The topological polar surface area (TPSA) is 39.6 Å². The van der Waals surface area contributed by atoms with Gasteiger partial charge in [-0.15, -0.1) is 0 Å². The van der Waals surface area contributed by atoms with E-state index in [9.17, 15) is 5.26 Å². The lowest BCUT2D eigenvalue weighted by atomic mass is 9.68. The smallest absolute Gasteiger partial charge is 0.0971 e. The number of rotatable bonds is 1. The lowest BCUT2D eigenvalue weighted by Crippen LogP contribution is -2.32. The summed E-state index contributed by atoms with van der Waals surface area (Å²) in [7, 11) is 0. The van der Waals surface area contributed by atoms with Gasteiger partial charge in [-0.05, 0) is 43.5 Å². The molecule has 1 N–H and O–H groups in total. The molecule has 0 atom stereocenters. The summed E-state index contributed by atoms with van der Waals surface area (Å²) in [6.07, 6.45) is 3.13. The van der Waals surface area contributed by atoms with Crippen LogP contribution in [0.2, 0.25) is 0 Å². The van der Waals surface area contributed by atoms with Crippen LogP contribution in [0.1, 0.15) is 25.0 Å². The van der Waals surface area contributed by atoms with E-state index in [0.717, 1.165) is 34.9 Å². The first-order chi connectivity index (χ1) is 7.73. The molecule has 0 saturated heterocycles.